The largest absolute Gasteiger partial charge is 0.459 e. The highest BCUT2D eigenvalue weighted by Gasteiger charge is 2.38. The van der Waals surface area contributed by atoms with Gasteiger partial charge >= 0.3 is 11.9 Å². The molecule has 2 rings (SSSR count). The molecular weight excluding hydrogens is 252 g/mol. The fraction of sp³-hybridized carbons (Fsp3) is 0.750. The van der Waals surface area contributed by atoms with Gasteiger partial charge in [-0.1, -0.05) is 0 Å². The Morgan fingerprint density at radius 1 is 1.37 bits per heavy atom. The van der Waals surface area contributed by atoms with Gasteiger partial charge in [-0.15, -0.1) is 0 Å². The Labute approximate surface area is 111 Å². The van der Waals surface area contributed by atoms with Gasteiger partial charge in [0.25, 0.3) is 0 Å². The minimum absolute atomic E-state index is 0.115. The molecule has 0 radical (unpaired) electrons. The van der Waals surface area contributed by atoms with Gasteiger partial charge < -0.3 is 19.7 Å². The zero-order valence-electron chi connectivity index (χ0n) is 10.9. The molecule has 0 aromatic carbocycles. The number of amides is 2. The molecular formula is C12H18N2O5. The molecule has 7 nitrogen and oxygen atoms in total. The highest BCUT2D eigenvalue weighted by atomic mass is 16.5. The minimum Gasteiger partial charge on any atom is -0.459 e. The smallest absolute Gasteiger partial charge is 0.397 e. The summed E-state index contributed by atoms with van der Waals surface area (Å²) in [7, 11) is 0. The summed E-state index contributed by atoms with van der Waals surface area (Å²) in [5.74, 6) is -1.96. The van der Waals surface area contributed by atoms with Crippen LogP contribution in [0.15, 0.2) is 0 Å². The van der Waals surface area contributed by atoms with Crippen molar-refractivity contribution in [3.8, 4) is 0 Å². The second-order valence-corrected chi connectivity index (χ2v) is 4.59. The van der Waals surface area contributed by atoms with Crippen LogP contribution in [-0.2, 0) is 23.9 Å². The Morgan fingerprint density at radius 3 is 2.74 bits per heavy atom. The van der Waals surface area contributed by atoms with E-state index in [2.05, 4.69) is 10.1 Å². The average Bonchev–Trinajstić information content (AvgIpc) is 3.22. The molecule has 0 bridgehead atoms. The third-order valence-electron chi connectivity index (χ3n) is 3.07. The Hall–Kier alpha value is -1.63. The number of esters is 1. The second kappa shape index (κ2) is 6.01. The first kappa shape index (κ1) is 13.8. The maximum Gasteiger partial charge on any atom is 0.397 e. The lowest BCUT2D eigenvalue weighted by atomic mass is 10.2. The van der Waals surface area contributed by atoms with Crippen LogP contribution in [0.1, 0.15) is 19.8 Å². The molecule has 0 aromatic heterocycles. The normalized spacial score (nSPS) is 22.8. The maximum absolute atomic E-state index is 12.0. The van der Waals surface area contributed by atoms with E-state index in [1.165, 1.54) is 4.90 Å². The highest BCUT2D eigenvalue weighted by molar-refractivity contribution is 6.32. The van der Waals surface area contributed by atoms with Crippen molar-refractivity contribution < 1.29 is 23.9 Å². The standard InChI is InChI=1S/C12H18N2O5/c1-2-19-12(17)11(16)14-5-6-18-7-9(14)10(15)13-8-3-4-8/h8-9H,2-7H2,1H3,(H,13,15). The molecule has 1 unspecified atom stereocenters. The van der Waals surface area contributed by atoms with Crippen molar-refractivity contribution in [2.24, 2.45) is 0 Å². The van der Waals surface area contributed by atoms with Gasteiger partial charge in [0.2, 0.25) is 5.91 Å². The molecule has 2 aliphatic rings. The lowest BCUT2D eigenvalue weighted by Gasteiger charge is -2.33. The van der Waals surface area contributed by atoms with Gasteiger partial charge in [-0.2, -0.15) is 0 Å². The molecule has 0 spiro atoms. The molecule has 1 atom stereocenters. The Kier molecular flexibility index (Phi) is 4.36. The van der Waals surface area contributed by atoms with E-state index in [1.807, 2.05) is 0 Å². The van der Waals surface area contributed by atoms with E-state index >= 15 is 0 Å². The van der Waals surface area contributed by atoms with Gasteiger partial charge in [0, 0.05) is 12.6 Å². The molecule has 2 amide bonds. The number of ether oxygens (including phenoxy) is 2. The SMILES string of the molecule is CCOC(=O)C(=O)N1CCOCC1C(=O)NC1CC1. The summed E-state index contributed by atoms with van der Waals surface area (Å²) in [5.41, 5.74) is 0. The minimum atomic E-state index is -0.923. The number of nitrogens with zero attached hydrogens (tertiary/aromatic N) is 1. The summed E-state index contributed by atoms with van der Waals surface area (Å²) in [6.45, 7) is 2.41. The molecule has 0 aromatic rings. The van der Waals surface area contributed by atoms with Crippen molar-refractivity contribution in [2.45, 2.75) is 31.8 Å². The summed E-state index contributed by atoms with van der Waals surface area (Å²) in [4.78, 5) is 36.6. The molecule has 1 N–H and O–H groups in total. The number of morpholine rings is 1. The van der Waals surface area contributed by atoms with Gasteiger partial charge in [0.1, 0.15) is 6.04 Å². The van der Waals surface area contributed by atoms with Crippen LogP contribution < -0.4 is 5.32 Å². The van der Waals surface area contributed by atoms with E-state index in [9.17, 15) is 14.4 Å². The van der Waals surface area contributed by atoms with E-state index in [-0.39, 0.29) is 31.7 Å². The van der Waals surface area contributed by atoms with E-state index in [1.54, 1.807) is 6.92 Å². The van der Waals surface area contributed by atoms with Crippen molar-refractivity contribution >= 4 is 17.8 Å². The third-order valence-corrected chi connectivity index (χ3v) is 3.07. The molecule has 106 valence electrons. The van der Waals surface area contributed by atoms with Crippen LogP contribution in [0.5, 0.6) is 0 Å². The van der Waals surface area contributed by atoms with E-state index < -0.39 is 17.9 Å². The van der Waals surface area contributed by atoms with E-state index in [4.69, 9.17) is 4.74 Å². The lowest BCUT2D eigenvalue weighted by molar-refractivity contribution is -0.165. The summed E-state index contributed by atoms with van der Waals surface area (Å²) in [6, 6.07) is -0.541. The van der Waals surface area contributed by atoms with Gasteiger partial charge in [0.15, 0.2) is 0 Å². The monoisotopic (exact) mass is 270 g/mol. The quantitative estimate of drug-likeness (QED) is 0.528. The molecule has 1 aliphatic heterocycles. The van der Waals surface area contributed by atoms with Crippen LogP contribution >= 0.6 is 0 Å². The first-order chi connectivity index (χ1) is 9.13. The highest BCUT2D eigenvalue weighted by Crippen LogP contribution is 2.19. The number of hydrogen-bond donors (Lipinski definition) is 1. The van der Waals surface area contributed by atoms with Crippen molar-refractivity contribution in [1.82, 2.24) is 10.2 Å². The summed E-state index contributed by atoms with van der Waals surface area (Å²) in [5, 5.41) is 2.81. The van der Waals surface area contributed by atoms with Crippen molar-refractivity contribution in [3.05, 3.63) is 0 Å². The molecule has 1 saturated heterocycles. The molecule has 1 heterocycles. The summed E-state index contributed by atoms with van der Waals surface area (Å²) in [6.07, 6.45) is 1.93. The molecule has 2 fully saturated rings. The van der Waals surface area contributed by atoms with Crippen molar-refractivity contribution in [3.63, 3.8) is 0 Å². The summed E-state index contributed by atoms with van der Waals surface area (Å²) >= 11 is 0. The Morgan fingerprint density at radius 2 is 2.11 bits per heavy atom. The molecule has 1 saturated carbocycles. The molecule has 7 heteroatoms. The zero-order valence-corrected chi connectivity index (χ0v) is 10.9. The summed E-state index contributed by atoms with van der Waals surface area (Å²) < 4.78 is 9.89. The van der Waals surface area contributed by atoms with Crippen LogP contribution in [0.3, 0.4) is 0 Å². The predicted octanol–water partition coefficient (Wildman–Crippen LogP) is -0.944. The number of carbonyl (C=O) groups excluding carboxylic acids is 3. The van der Waals surface area contributed by atoms with Gasteiger partial charge in [-0.3, -0.25) is 9.59 Å². The van der Waals surface area contributed by atoms with E-state index in [0.29, 0.717) is 6.61 Å². The first-order valence-corrected chi connectivity index (χ1v) is 6.49. The Bertz CT molecular complexity index is 380. The predicted molar refractivity (Wildman–Crippen MR) is 64.1 cm³/mol. The van der Waals surface area contributed by atoms with Crippen LogP contribution in [-0.4, -0.2) is 61.1 Å². The van der Waals surface area contributed by atoms with Crippen LogP contribution in [0.25, 0.3) is 0 Å². The number of hydrogen-bond acceptors (Lipinski definition) is 5. The molecule has 1 aliphatic carbocycles. The average molecular weight is 270 g/mol. The molecule has 19 heavy (non-hydrogen) atoms. The third kappa shape index (κ3) is 3.44. The number of rotatable bonds is 3. The fourth-order valence-electron chi connectivity index (χ4n) is 1.90. The zero-order chi connectivity index (χ0) is 13.8. The lowest BCUT2D eigenvalue weighted by Crippen LogP contribution is -2.57. The van der Waals surface area contributed by atoms with Crippen LogP contribution in [0.4, 0.5) is 0 Å². The van der Waals surface area contributed by atoms with Crippen LogP contribution in [0, 0.1) is 0 Å². The Balaban J connectivity index is 1.99. The van der Waals surface area contributed by atoms with Gasteiger partial charge in [-0.05, 0) is 19.8 Å². The van der Waals surface area contributed by atoms with Crippen molar-refractivity contribution in [2.75, 3.05) is 26.4 Å². The maximum atomic E-state index is 12.0. The fourth-order valence-corrected chi connectivity index (χ4v) is 1.90. The topological polar surface area (TPSA) is 84.9 Å². The second-order valence-electron chi connectivity index (χ2n) is 4.59. The number of carbonyl (C=O) groups is 3. The number of nitrogens with one attached hydrogen (secondary N) is 1. The van der Waals surface area contributed by atoms with E-state index in [0.717, 1.165) is 12.8 Å². The van der Waals surface area contributed by atoms with Crippen molar-refractivity contribution in [1.29, 1.82) is 0 Å². The van der Waals surface area contributed by atoms with Crippen LogP contribution in [0.2, 0.25) is 0 Å². The van der Waals surface area contributed by atoms with Gasteiger partial charge in [-0.25, -0.2) is 4.79 Å². The van der Waals surface area contributed by atoms with Gasteiger partial charge in [0.05, 0.1) is 19.8 Å². The first-order valence-electron chi connectivity index (χ1n) is 6.49.